The molecule has 2 aromatic rings. The highest BCUT2D eigenvalue weighted by Gasteiger charge is 2.57. The average molecular weight is 370 g/mol. The predicted octanol–water partition coefficient (Wildman–Crippen LogP) is 3.49. The number of carbonyl (C=O) groups excluding carboxylic acids is 2. The van der Waals surface area contributed by atoms with Crippen molar-refractivity contribution in [2.24, 2.45) is 0 Å². The molecule has 1 fully saturated rings. The highest BCUT2D eigenvalue weighted by Crippen LogP contribution is 2.56. The quantitative estimate of drug-likeness (QED) is 0.900. The van der Waals surface area contributed by atoms with Gasteiger partial charge in [0.25, 0.3) is 5.91 Å². The summed E-state index contributed by atoms with van der Waals surface area (Å²) in [6.45, 7) is 4.29. The van der Waals surface area contributed by atoms with Crippen LogP contribution in [0.5, 0.6) is 0 Å². The van der Waals surface area contributed by atoms with Crippen LogP contribution in [0.3, 0.4) is 0 Å². The van der Waals surface area contributed by atoms with Crippen molar-refractivity contribution in [2.75, 3.05) is 0 Å². The average Bonchev–Trinajstić information content (AvgIpc) is 3.04. The molecule has 2 aromatic carbocycles. The molecular formula is C20H19FN2O2S. The summed E-state index contributed by atoms with van der Waals surface area (Å²) in [7, 11) is 0. The SMILES string of the molecule is CC1(C)SC2c3ccccc3C(=O)N2C1C(=O)NCc1ccc(F)cc1. The molecule has 0 bridgehead atoms. The smallest absolute Gasteiger partial charge is 0.256 e. The summed E-state index contributed by atoms with van der Waals surface area (Å²) in [6, 6.07) is 13.0. The minimum absolute atomic E-state index is 0.0920. The van der Waals surface area contributed by atoms with Gasteiger partial charge in [-0.05, 0) is 43.2 Å². The molecule has 2 amide bonds. The third-order valence-electron chi connectivity index (χ3n) is 4.92. The monoisotopic (exact) mass is 370 g/mol. The lowest BCUT2D eigenvalue weighted by Gasteiger charge is -2.29. The third kappa shape index (κ3) is 2.69. The molecule has 2 atom stereocenters. The molecule has 0 aliphatic carbocycles. The molecule has 2 aliphatic rings. The standard InChI is InChI=1S/C20H19FN2O2S/c1-20(2)16(17(24)22-11-12-7-9-13(21)10-8-12)23-18(25)14-5-3-4-6-15(14)19(23)26-20/h3-10,16,19H,11H2,1-2H3,(H,22,24). The van der Waals surface area contributed by atoms with Crippen LogP contribution < -0.4 is 5.32 Å². The zero-order chi connectivity index (χ0) is 18.5. The second-order valence-corrected chi connectivity index (χ2v) is 8.85. The van der Waals surface area contributed by atoms with Gasteiger partial charge >= 0.3 is 0 Å². The molecule has 0 aromatic heterocycles. The van der Waals surface area contributed by atoms with Crippen molar-refractivity contribution in [2.45, 2.75) is 36.6 Å². The first-order chi connectivity index (χ1) is 12.4. The summed E-state index contributed by atoms with van der Waals surface area (Å²) >= 11 is 1.64. The summed E-state index contributed by atoms with van der Waals surface area (Å²) in [5.74, 6) is -0.585. The summed E-state index contributed by atoms with van der Waals surface area (Å²) in [4.78, 5) is 27.5. The topological polar surface area (TPSA) is 49.4 Å². The summed E-state index contributed by atoms with van der Waals surface area (Å²) in [5.41, 5.74) is 2.47. The minimum atomic E-state index is -0.558. The van der Waals surface area contributed by atoms with E-state index in [0.717, 1.165) is 11.1 Å². The largest absolute Gasteiger partial charge is 0.350 e. The third-order valence-corrected chi connectivity index (χ3v) is 6.46. The molecule has 0 spiro atoms. The molecule has 2 heterocycles. The summed E-state index contributed by atoms with van der Waals surface area (Å²) in [6.07, 6.45) is 0. The Morgan fingerprint density at radius 1 is 1.19 bits per heavy atom. The van der Waals surface area contributed by atoms with E-state index in [2.05, 4.69) is 5.32 Å². The summed E-state index contributed by atoms with van der Waals surface area (Å²) in [5, 5.41) is 2.78. The van der Waals surface area contributed by atoms with Crippen molar-refractivity contribution in [1.82, 2.24) is 10.2 Å². The van der Waals surface area contributed by atoms with Crippen LogP contribution in [0.25, 0.3) is 0 Å². The lowest BCUT2D eigenvalue weighted by Crippen LogP contribution is -2.52. The van der Waals surface area contributed by atoms with Gasteiger partial charge in [0.05, 0.1) is 0 Å². The van der Waals surface area contributed by atoms with E-state index in [9.17, 15) is 14.0 Å². The van der Waals surface area contributed by atoms with Crippen LogP contribution >= 0.6 is 11.8 Å². The Labute approximate surface area is 155 Å². The van der Waals surface area contributed by atoms with Crippen LogP contribution in [-0.2, 0) is 11.3 Å². The van der Waals surface area contributed by atoms with Crippen molar-refractivity contribution in [3.63, 3.8) is 0 Å². The number of fused-ring (bicyclic) bond motifs is 3. The maximum Gasteiger partial charge on any atom is 0.256 e. The highest BCUT2D eigenvalue weighted by molar-refractivity contribution is 8.01. The van der Waals surface area contributed by atoms with E-state index in [1.807, 2.05) is 38.1 Å². The van der Waals surface area contributed by atoms with Crippen LogP contribution in [0, 0.1) is 5.82 Å². The van der Waals surface area contributed by atoms with Crippen LogP contribution in [0.15, 0.2) is 48.5 Å². The van der Waals surface area contributed by atoms with Crippen molar-refractivity contribution in [3.8, 4) is 0 Å². The van der Waals surface area contributed by atoms with Crippen LogP contribution in [-0.4, -0.2) is 27.5 Å². The van der Waals surface area contributed by atoms with Gasteiger partial charge in [-0.15, -0.1) is 11.8 Å². The molecule has 1 saturated heterocycles. The molecule has 2 aliphatic heterocycles. The molecule has 4 rings (SSSR count). The summed E-state index contributed by atoms with van der Waals surface area (Å²) < 4.78 is 12.6. The Morgan fingerprint density at radius 3 is 2.62 bits per heavy atom. The molecule has 0 saturated carbocycles. The first-order valence-corrected chi connectivity index (χ1v) is 9.38. The Hall–Kier alpha value is -2.34. The van der Waals surface area contributed by atoms with E-state index < -0.39 is 10.8 Å². The fraction of sp³-hybridized carbons (Fsp3) is 0.300. The highest BCUT2D eigenvalue weighted by atomic mass is 32.2. The maximum atomic E-state index is 13.0. The Morgan fingerprint density at radius 2 is 1.88 bits per heavy atom. The van der Waals surface area contributed by atoms with Gasteiger partial charge in [0.2, 0.25) is 5.91 Å². The first kappa shape index (κ1) is 17.1. The van der Waals surface area contributed by atoms with E-state index in [4.69, 9.17) is 0 Å². The van der Waals surface area contributed by atoms with Gasteiger partial charge in [-0.3, -0.25) is 9.59 Å². The maximum absolute atomic E-state index is 13.0. The van der Waals surface area contributed by atoms with Gasteiger partial charge in [-0.25, -0.2) is 4.39 Å². The fourth-order valence-electron chi connectivity index (χ4n) is 3.69. The molecule has 1 N–H and O–H groups in total. The van der Waals surface area contributed by atoms with Crippen molar-refractivity contribution in [3.05, 3.63) is 71.0 Å². The number of hydrogen-bond acceptors (Lipinski definition) is 3. The number of rotatable bonds is 3. The Balaban J connectivity index is 1.56. The van der Waals surface area contributed by atoms with E-state index in [0.29, 0.717) is 12.1 Å². The second-order valence-electron chi connectivity index (χ2n) is 7.12. The van der Waals surface area contributed by atoms with Crippen LogP contribution in [0.4, 0.5) is 4.39 Å². The molecule has 26 heavy (non-hydrogen) atoms. The number of hydrogen-bond donors (Lipinski definition) is 1. The first-order valence-electron chi connectivity index (χ1n) is 8.50. The van der Waals surface area contributed by atoms with Gasteiger partial charge in [0.15, 0.2) is 0 Å². The number of nitrogens with zero attached hydrogens (tertiary/aromatic N) is 1. The molecule has 4 nitrogen and oxygen atoms in total. The fourth-order valence-corrected chi connectivity index (χ4v) is 5.28. The van der Waals surface area contributed by atoms with E-state index in [-0.39, 0.29) is 23.0 Å². The van der Waals surface area contributed by atoms with E-state index in [1.165, 1.54) is 12.1 Å². The zero-order valence-electron chi connectivity index (χ0n) is 14.5. The van der Waals surface area contributed by atoms with Crippen molar-refractivity contribution < 1.29 is 14.0 Å². The lowest BCUT2D eigenvalue weighted by molar-refractivity contribution is -0.126. The van der Waals surface area contributed by atoms with Crippen LogP contribution in [0.2, 0.25) is 0 Å². The predicted molar refractivity (Wildman–Crippen MR) is 99.1 cm³/mol. The number of halogens is 1. The number of amides is 2. The number of nitrogens with one attached hydrogen (secondary N) is 1. The van der Waals surface area contributed by atoms with Crippen molar-refractivity contribution in [1.29, 1.82) is 0 Å². The van der Waals surface area contributed by atoms with E-state index in [1.54, 1.807) is 28.8 Å². The normalized spacial score (nSPS) is 22.9. The Kier molecular flexibility index (Phi) is 4.03. The molecule has 6 heteroatoms. The number of benzene rings is 2. The van der Waals surface area contributed by atoms with Gasteiger partial charge < -0.3 is 10.2 Å². The van der Waals surface area contributed by atoms with Gasteiger partial charge in [-0.2, -0.15) is 0 Å². The number of thioether (sulfide) groups is 1. The van der Waals surface area contributed by atoms with Crippen LogP contribution in [0.1, 0.15) is 40.7 Å². The minimum Gasteiger partial charge on any atom is -0.350 e. The molecule has 134 valence electrons. The van der Waals surface area contributed by atoms with Crippen molar-refractivity contribution >= 4 is 23.6 Å². The second kappa shape index (κ2) is 6.13. The van der Waals surface area contributed by atoms with E-state index >= 15 is 0 Å². The number of carbonyl (C=O) groups is 2. The van der Waals surface area contributed by atoms with Gasteiger partial charge in [0.1, 0.15) is 17.2 Å². The molecule has 0 radical (unpaired) electrons. The van der Waals surface area contributed by atoms with Gasteiger partial charge in [0, 0.05) is 16.9 Å². The Bertz CT molecular complexity index is 882. The zero-order valence-corrected chi connectivity index (χ0v) is 15.3. The molecule has 2 unspecified atom stereocenters. The van der Waals surface area contributed by atoms with Gasteiger partial charge in [-0.1, -0.05) is 30.3 Å². The lowest BCUT2D eigenvalue weighted by atomic mass is 10.0. The molecular weight excluding hydrogens is 351 g/mol.